The lowest BCUT2D eigenvalue weighted by atomic mass is 10.1. The van der Waals surface area contributed by atoms with Crippen LogP contribution in [0.5, 0.6) is 0 Å². The fourth-order valence-electron chi connectivity index (χ4n) is 3.56. The van der Waals surface area contributed by atoms with Crippen LogP contribution in [0, 0.1) is 0 Å². The molecule has 0 aromatic heterocycles. The number of nitrogens with zero attached hydrogens (tertiary/aromatic N) is 1. The van der Waals surface area contributed by atoms with E-state index < -0.39 is 0 Å². The quantitative estimate of drug-likeness (QED) is 0.223. The van der Waals surface area contributed by atoms with E-state index in [1.54, 1.807) is 0 Å². The molecular weight excluding hydrogens is 320 g/mol. The molecule has 26 heavy (non-hydrogen) atoms. The largest absolute Gasteiger partial charge is 0.351 e. The molecule has 0 aliphatic heterocycles. The number of nitrogens with two attached hydrogens (primary N) is 1. The molecule has 0 unspecified atom stereocenters. The van der Waals surface area contributed by atoms with Crippen molar-refractivity contribution in [3.63, 3.8) is 0 Å². The zero-order valence-corrected chi connectivity index (χ0v) is 18.1. The van der Waals surface area contributed by atoms with Crippen LogP contribution < -0.4 is 5.73 Å². The third-order valence-electron chi connectivity index (χ3n) is 5.37. The average Bonchev–Trinajstić information content (AvgIpc) is 2.63. The molecule has 0 saturated carbocycles. The molecule has 0 bridgehead atoms. The lowest BCUT2D eigenvalue weighted by molar-refractivity contribution is 0.204. The highest BCUT2D eigenvalue weighted by molar-refractivity contribution is 5.71. The molecule has 3 nitrogen and oxygen atoms in total. The molecule has 156 valence electrons. The monoisotopic (exact) mass is 368 g/mol. The predicted octanol–water partition coefficient (Wildman–Crippen LogP) is 7.43. The van der Waals surface area contributed by atoms with Gasteiger partial charge in [-0.3, -0.25) is 0 Å². The van der Waals surface area contributed by atoms with Gasteiger partial charge in [0.15, 0.2) is 0 Å². The van der Waals surface area contributed by atoms with Gasteiger partial charge >= 0.3 is 6.03 Å². The second kappa shape index (κ2) is 20.6. The predicted molar refractivity (Wildman–Crippen MR) is 116 cm³/mol. The molecule has 0 aromatic carbocycles. The van der Waals surface area contributed by atoms with E-state index in [9.17, 15) is 4.79 Å². The molecular formula is C23H48N2O. The maximum atomic E-state index is 11.6. The van der Waals surface area contributed by atoms with Crippen molar-refractivity contribution < 1.29 is 4.79 Å². The maximum Gasteiger partial charge on any atom is 0.314 e. The summed E-state index contributed by atoms with van der Waals surface area (Å²) in [6.45, 7) is 6.22. The Kier molecular flexibility index (Phi) is 20.0. The van der Waals surface area contributed by atoms with Gasteiger partial charge in [0.2, 0.25) is 0 Å². The number of urea groups is 1. The standard InChI is InChI=1S/C23H48N2O/c1-3-5-7-9-11-13-14-16-18-20-22-25(23(24)26)21-19-17-15-12-10-8-6-4-2/h3-22H2,1-2H3,(H2,24,26). The van der Waals surface area contributed by atoms with Crippen LogP contribution in [0.25, 0.3) is 0 Å². The number of carbonyl (C=O) groups is 1. The zero-order chi connectivity index (χ0) is 19.3. The summed E-state index contributed by atoms with van der Waals surface area (Å²) in [5, 5.41) is 0. The summed E-state index contributed by atoms with van der Waals surface area (Å²) >= 11 is 0. The van der Waals surface area contributed by atoms with Crippen LogP contribution in [-0.4, -0.2) is 24.0 Å². The summed E-state index contributed by atoms with van der Waals surface area (Å²) in [6, 6.07) is -0.233. The van der Waals surface area contributed by atoms with E-state index in [1.165, 1.54) is 103 Å². The van der Waals surface area contributed by atoms with Crippen molar-refractivity contribution in [3.05, 3.63) is 0 Å². The number of carbonyl (C=O) groups excluding carboxylic acids is 1. The van der Waals surface area contributed by atoms with Crippen LogP contribution in [0.1, 0.15) is 129 Å². The number of unbranched alkanes of at least 4 members (excludes halogenated alkanes) is 16. The van der Waals surface area contributed by atoms with Crippen LogP contribution in [-0.2, 0) is 0 Å². The van der Waals surface area contributed by atoms with Crippen LogP contribution in [0.3, 0.4) is 0 Å². The fourth-order valence-corrected chi connectivity index (χ4v) is 3.56. The highest BCUT2D eigenvalue weighted by Crippen LogP contribution is 2.12. The Labute approximate surface area is 164 Å². The van der Waals surface area contributed by atoms with Gasteiger partial charge in [-0.2, -0.15) is 0 Å². The number of hydrogen-bond acceptors (Lipinski definition) is 1. The molecule has 0 fully saturated rings. The Bertz CT molecular complexity index is 294. The molecule has 0 spiro atoms. The Balaban J connectivity index is 3.46. The molecule has 0 atom stereocenters. The highest BCUT2D eigenvalue weighted by atomic mass is 16.2. The van der Waals surface area contributed by atoms with Crippen LogP contribution in [0.2, 0.25) is 0 Å². The first-order valence-electron chi connectivity index (χ1n) is 11.8. The average molecular weight is 369 g/mol. The smallest absolute Gasteiger partial charge is 0.314 e. The van der Waals surface area contributed by atoms with E-state index in [1.807, 2.05) is 4.90 Å². The summed E-state index contributed by atoms with van der Waals surface area (Å²) in [7, 11) is 0. The van der Waals surface area contributed by atoms with Gasteiger partial charge in [-0.25, -0.2) is 4.79 Å². The highest BCUT2D eigenvalue weighted by Gasteiger charge is 2.08. The van der Waals surface area contributed by atoms with E-state index in [-0.39, 0.29) is 6.03 Å². The third-order valence-corrected chi connectivity index (χ3v) is 5.37. The van der Waals surface area contributed by atoms with Gasteiger partial charge in [0.05, 0.1) is 0 Å². The number of rotatable bonds is 20. The molecule has 0 aromatic rings. The SMILES string of the molecule is CCCCCCCCCCCCN(CCCCCCCCCC)C(N)=O. The van der Waals surface area contributed by atoms with E-state index in [0.717, 1.165) is 25.9 Å². The van der Waals surface area contributed by atoms with E-state index in [4.69, 9.17) is 5.73 Å². The molecule has 0 saturated heterocycles. The van der Waals surface area contributed by atoms with Crippen LogP contribution in [0.15, 0.2) is 0 Å². The van der Waals surface area contributed by atoms with Crippen molar-refractivity contribution in [2.24, 2.45) is 5.73 Å². The Morgan fingerprint density at radius 3 is 1.08 bits per heavy atom. The second-order valence-corrected chi connectivity index (χ2v) is 7.98. The van der Waals surface area contributed by atoms with Gasteiger partial charge < -0.3 is 10.6 Å². The molecule has 0 heterocycles. The number of primary amides is 1. The number of hydrogen-bond donors (Lipinski definition) is 1. The number of amides is 2. The van der Waals surface area contributed by atoms with Crippen molar-refractivity contribution >= 4 is 6.03 Å². The molecule has 2 amide bonds. The maximum absolute atomic E-state index is 11.6. The van der Waals surface area contributed by atoms with Gasteiger partial charge in [0, 0.05) is 13.1 Å². The van der Waals surface area contributed by atoms with Crippen molar-refractivity contribution in [2.45, 2.75) is 129 Å². The summed E-state index contributed by atoms with van der Waals surface area (Å²) in [5.74, 6) is 0. The third kappa shape index (κ3) is 18.1. The van der Waals surface area contributed by atoms with E-state index in [0.29, 0.717) is 0 Å². The second-order valence-electron chi connectivity index (χ2n) is 7.98. The van der Waals surface area contributed by atoms with Crippen LogP contribution >= 0.6 is 0 Å². The molecule has 2 N–H and O–H groups in total. The van der Waals surface area contributed by atoms with Gasteiger partial charge in [0.25, 0.3) is 0 Å². The van der Waals surface area contributed by atoms with Gasteiger partial charge in [-0.1, -0.05) is 117 Å². The zero-order valence-electron chi connectivity index (χ0n) is 18.1. The van der Waals surface area contributed by atoms with Crippen molar-refractivity contribution in [1.82, 2.24) is 4.90 Å². The molecule has 3 heteroatoms. The van der Waals surface area contributed by atoms with E-state index in [2.05, 4.69) is 13.8 Å². The Morgan fingerprint density at radius 2 is 0.808 bits per heavy atom. The summed E-state index contributed by atoms with van der Waals surface area (Å²) < 4.78 is 0. The first kappa shape index (κ1) is 25.3. The topological polar surface area (TPSA) is 46.3 Å². The summed E-state index contributed by atoms with van der Waals surface area (Å²) in [5.41, 5.74) is 5.54. The fraction of sp³-hybridized carbons (Fsp3) is 0.957. The van der Waals surface area contributed by atoms with Gasteiger partial charge in [-0.05, 0) is 12.8 Å². The lowest BCUT2D eigenvalue weighted by Crippen LogP contribution is -2.37. The van der Waals surface area contributed by atoms with Crippen LogP contribution in [0.4, 0.5) is 4.79 Å². The van der Waals surface area contributed by atoms with Gasteiger partial charge in [-0.15, -0.1) is 0 Å². The minimum atomic E-state index is -0.233. The Morgan fingerprint density at radius 1 is 0.538 bits per heavy atom. The first-order chi connectivity index (χ1) is 12.7. The normalized spacial score (nSPS) is 11.0. The summed E-state index contributed by atoms with van der Waals surface area (Å²) in [4.78, 5) is 13.4. The first-order valence-corrected chi connectivity index (χ1v) is 11.8. The minimum absolute atomic E-state index is 0.233. The van der Waals surface area contributed by atoms with Crippen molar-refractivity contribution in [1.29, 1.82) is 0 Å². The molecule has 0 radical (unpaired) electrons. The summed E-state index contributed by atoms with van der Waals surface area (Å²) in [6.07, 6.45) is 23.7. The van der Waals surface area contributed by atoms with Crippen molar-refractivity contribution in [2.75, 3.05) is 13.1 Å². The van der Waals surface area contributed by atoms with E-state index >= 15 is 0 Å². The molecule has 0 aliphatic carbocycles. The Hall–Kier alpha value is -0.730. The molecule has 0 aliphatic rings. The minimum Gasteiger partial charge on any atom is -0.351 e. The lowest BCUT2D eigenvalue weighted by Gasteiger charge is -2.20. The molecule has 0 rings (SSSR count). The van der Waals surface area contributed by atoms with Gasteiger partial charge in [0.1, 0.15) is 0 Å². The van der Waals surface area contributed by atoms with Crippen molar-refractivity contribution in [3.8, 4) is 0 Å².